The minimum absolute atomic E-state index is 0.0926. The van der Waals surface area contributed by atoms with Gasteiger partial charge < -0.3 is 15.7 Å². The first kappa shape index (κ1) is 22.1. The Morgan fingerprint density at radius 3 is 2.26 bits per heavy atom. The number of rotatable bonds is 8. The molecular weight excluding hydrogens is 412 g/mol. The van der Waals surface area contributed by atoms with E-state index in [9.17, 15) is 14.4 Å². The maximum atomic E-state index is 12.3. The Hall–Kier alpha value is -3.58. The maximum Gasteiger partial charge on any atom is 0.335 e. The van der Waals surface area contributed by atoms with E-state index in [-0.39, 0.29) is 23.1 Å². The van der Waals surface area contributed by atoms with Crippen molar-refractivity contribution in [1.29, 1.82) is 0 Å². The van der Waals surface area contributed by atoms with Gasteiger partial charge in [0.1, 0.15) is 0 Å². The maximum absolute atomic E-state index is 12.3. The highest BCUT2D eigenvalue weighted by atomic mass is 32.2. The number of aryl methyl sites for hydroxylation is 1. The summed E-state index contributed by atoms with van der Waals surface area (Å²) in [4.78, 5) is 36.4. The quantitative estimate of drug-likeness (QED) is 0.450. The molecule has 0 saturated carbocycles. The third kappa shape index (κ3) is 6.72. The summed E-state index contributed by atoms with van der Waals surface area (Å²) >= 11 is 1.35. The molecule has 0 aliphatic heterocycles. The van der Waals surface area contributed by atoms with Crippen LogP contribution in [0.15, 0.2) is 77.7 Å². The smallest absolute Gasteiger partial charge is 0.335 e. The summed E-state index contributed by atoms with van der Waals surface area (Å²) < 4.78 is 0. The summed E-state index contributed by atoms with van der Waals surface area (Å²) in [5.41, 5.74) is 3.04. The highest BCUT2D eigenvalue weighted by molar-refractivity contribution is 8.00. The highest BCUT2D eigenvalue weighted by Gasteiger charge is 2.10. The van der Waals surface area contributed by atoms with Crippen LogP contribution in [0.1, 0.15) is 21.5 Å². The van der Waals surface area contributed by atoms with Crippen LogP contribution in [-0.4, -0.2) is 28.6 Å². The molecule has 0 bridgehead atoms. The molecule has 0 spiro atoms. The Bertz CT molecular complexity index is 1080. The molecule has 3 aromatic carbocycles. The number of amides is 2. The van der Waals surface area contributed by atoms with Crippen molar-refractivity contribution in [2.45, 2.75) is 18.2 Å². The molecule has 3 N–H and O–H groups in total. The van der Waals surface area contributed by atoms with Crippen LogP contribution in [0.4, 0.5) is 11.4 Å². The minimum atomic E-state index is -1.04. The molecular formula is C24H22N2O4S. The van der Waals surface area contributed by atoms with Gasteiger partial charge in [0.25, 0.3) is 0 Å². The number of carboxylic acids is 1. The molecule has 0 aliphatic rings. The standard InChI is InChI=1S/C24H22N2O4S/c1-16-7-8-18(24(29)30)14-21(16)26-23(28)15-31-20-11-9-19(10-12-20)25-22(27)13-17-5-3-2-4-6-17/h2-12,14H,13,15H2,1H3,(H,25,27)(H,26,28)(H,29,30). The number of thioether (sulfide) groups is 1. The molecule has 0 atom stereocenters. The summed E-state index contributed by atoms with van der Waals surface area (Å²) in [5, 5.41) is 14.7. The average Bonchev–Trinajstić information content (AvgIpc) is 2.75. The number of aromatic carboxylic acids is 1. The zero-order chi connectivity index (χ0) is 22.2. The molecule has 0 unspecified atom stereocenters. The summed E-state index contributed by atoms with van der Waals surface area (Å²) in [7, 11) is 0. The lowest BCUT2D eigenvalue weighted by Gasteiger charge is -2.10. The van der Waals surface area contributed by atoms with Crippen molar-refractivity contribution < 1.29 is 19.5 Å². The number of carbonyl (C=O) groups excluding carboxylic acids is 2. The molecule has 0 aliphatic carbocycles. The molecule has 2 amide bonds. The molecule has 7 heteroatoms. The van der Waals surface area contributed by atoms with E-state index in [0.29, 0.717) is 17.8 Å². The van der Waals surface area contributed by atoms with E-state index in [1.54, 1.807) is 25.1 Å². The van der Waals surface area contributed by atoms with E-state index in [4.69, 9.17) is 5.11 Å². The first-order valence-electron chi connectivity index (χ1n) is 9.61. The second kappa shape index (κ2) is 10.4. The minimum Gasteiger partial charge on any atom is -0.478 e. The summed E-state index contributed by atoms with van der Waals surface area (Å²) in [6, 6.07) is 21.4. The third-order valence-corrected chi connectivity index (χ3v) is 5.49. The predicted octanol–water partition coefficient (Wildman–Crippen LogP) is 4.61. The third-order valence-electron chi connectivity index (χ3n) is 4.47. The second-order valence-electron chi connectivity index (χ2n) is 6.91. The van der Waals surface area contributed by atoms with Gasteiger partial charge in [-0.2, -0.15) is 0 Å². The summed E-state index contributed by atoms with van der Waals surface area (Å²) in [6.45, 7) is 1.80. The van der Waals surface area contributed by atoms with E-state index in [0.717, 1.165) is 16.0 Å². The van der Waals surface area contributed by atoms with E-state index >= 15 is 0 Å². The monoisotopic (exact) mass is 434 g/mol. The van der Waals surface area contributed by atoms with Gasteiger partial charge in [-0.05, 0) is 54.4 Å². The molecule has 3 aromatic rings. The molecule has 158 valence electrons. The topological polar surface area (TPSA) is 95.5 Å². The van der Waals surface area contributed by atoms with Crippen LogP contribution in [0.2, 0.25) is 0 Å². The van der Waals surface area contributed by atoms with Crippen LogP contribution in [0.3, 0.4) is 0 Å². The lowest BCUT2D eigenvalue weighted by molar-refractivity contribution is -0.115. The van der Waals surface area contributed by atoms with Crippen LogP contribution in [0.5, 0.6) is 0 Å². The van der Waals surface area contributed by atoms with Crippen LogP contribution >= 0.6 is 11.8 Å². The number of carboxylic acid groups (broad SMARTS) is 1. The lowest BCUT2D eigenvalue weighted by atomic mass is 10.1. The van der Waals surface area contributed by atoms with Crippen LogP contribution in [0, 0.1) is 6.92 Å². The van der Waals surface area contributed by atoms with Crippen LogP contribution in [-0.2, 0) is 16.0 Å². The van der Waals surface area contributed by atoms with Crippen molar-refractivity contribution in [3.63, 3.8) is 0 Å². The zero-order valence-corrected chi connectivity index (χ0v) is 17.7. The van der Waals surface area contributed by atoms with Crippen molar-refractivity contribution in [2.24, 2.45) is 0 Å². The van der Waals surface area contributed by atoms with Crippen LogP contribution < -0.4 is 10.6 Å². The molecule has 0 heterocycles. The van der Waals surface area contributed by atoms with Crippen molar-refractivity contribution >= 4 is 40.9 Å². The fraction of sp³-hybridized carbons (Fsp3) is 0.125. The number of benzene rings is 3. The Kier molecular flexibility index (Phi) is 7.45. The fourth-order valence-corrected chi connectivity index (χ4v) is 3.54. The number of anilines is 2. The summed E-state index contributed by atoms with van der Waals surface area (Å²) in [6.07, 6.45) is 0.306. The van der Waals surface area contributed by atoms with Crippen molar-refractivity contribution in [3.05, 3.63) is 89.5 Å². The lowest BCUT2D eigenvalue weighted by Crippen LogP contribution is -2.15. The van der Waals surface area contributed by atoms with Crippen molar-refractivity contribution in [3.8, 4) is 0 Å². The molecule has 6 nitrogen and oxygen atoms in total. The van der Waals surface area contributed by atoms with Crippen LogP contribution in [0.25, 0.3) is 0 Å². The number of carbonyl (C=O) groups is 3. The van der Waals surface area contributed by atoms with E-state index < -0.39 is 5.97 Å². The highest BCUT2D eigenvalue weighted by Crippen LogP contribution is 2.22. The molecule has 3 rings (SSSR count). The molecule has 0 radical (unpaired) electrons. The Morgan fingerprint density at radius 1 is 0.871 bits per heavy atom. The number of nitrogens with one attached hydrogen (secondary N) is 2. The number of hydrogen-bond acceptors (Lipinski definition) is 4. The Labute approximate surface area is 184 Å². The van der Waals surface area contributed by atoms with E-state index in [1.807, 2.05) is 42.5 Å². The predicted molar refractivity (Wildman–Crippen MR) is 123 cm³/mol. The van der Waals surface area contributed by atoms with Gasteiger partial charge in [0, 0.05) is 16.3 Å². The Morgan fingerprint density at radius 2 is 1.58 bits per heavy atom. The normalized spacial score (nSPS) is 10.4. The molecule has 0 fully saturated rings. The fourth-order valence-electron chi connectivity index (χ4n) is 2.85. The van der Waals surface area contributed by atoms with Gasteiger partial charge in [-0.3, -0.25) is 9.59 Å². The van der Waals surface area contributed by atoms with E-state index in [2.05, 4.69) is 10.6 Å². The first-order valence-corrected chi connectivity index (χ1v) is 10.6. The average molecular weight is 435 g/mol. The van der Waals surface area contributed by atoms with Gasteiger partial charge in [-0.15, -0.1) is 11.8 Å². The molecule has 0 saturated heterocycles. The Balaban J connectivity index is 1.50. The van der Waals surface area contributed by atoms with Gasteiger partial charge in [0.15, 0.2) is 0 Å². The van der Waals surface area contributed by atoms with Gasteiger partial charge in [0.05, 0.1) is 17.7 Å². The van der Waals surface area contributed by atoms with Gasteiger partial charge in [-0.1, -0.05) is 36.4 Å². The SMILES string of the molecule is Cc1ccc(C(=O)O)cc1NC(=O)CSc1ccc(NC(=O)Cc2ccccc2)cc1. The first-order chi connectivity index (χ1) is 14.9. The summed E-state index contributed by atoms with van der Waals surface area (Å²) in [5.74, 6) is -1.18. The van der Waals surface area contributed by atoms with Gasteiger partial charge >= 0.3 is 5.97 Å². The largest absolute Gasteiger partial charge is 0.478 e. The van der Waals surface area contributed by atoms with Gasteiger partial charge in [-0.25, -0.2) is 4.79 Å². The van der Waals surface area contributed by atoms with Crippen molar-refractivity contribution in [1.82, 2.24) is 0 Å². The number of hydrogen-bond donors (Lipinski definition) is 3. The zero-order valence-electron chi connectivity index (χ0n) is 16.9. The molecule has 31 heavy (non-hydrogen) atoms. The second-order valence-corrected chi connectivity index (χ2v) is 7.96. The molecule has 0 aromatic heterocycles. The van der Waals surface area contributed by atoms with E-state index in [1.165, 1.54) is 23.9 Å². The van der Waals surface area contributed by atoms with Gasteiger partial charge in [0.2, 0.25) is 11.8 Å². The van der Waals surface area contributed by atoms with Crippen molar-refractivity contribution in [2.75, 3.05) is 16.4 Å².